The number of halogens is 1. The van der Waals surface area contributed by atoms with Crippen molar-refractivity contribution in [2.75, 3.05) is 6.54 Å². The van der Waals surface area contributed by atoms with Crippen LogP contribution in [-0.2, 0) is 27.7 Å². The molecule has 8 nitrogen and oxygen atoms in total. The van der Waals surface area contributed by atoms with Crippen molar-refractivity contribution in [3.63, 3.8) is 0 Å². The average Bonchev–Trinajstić information content (AvgIpc) is 2.84. The zero-order valence-electron chi connectivity index (χ0n) is 17.7. The first-order valence-electron chi connectivity index (χ1n) is 10.3. The average molecular weight is 472 g/mol. The number of aryl methyl sites for hydroxylation is 1. The highest BCUT2D eigenvalue weighted by atomic mass is 32.2. The molecule has 0 radical (unpaired) electrons. The van der Waals surface area contributed by atoms with Crippen molar-refractivity contribution in [2.24, 2.45) is 0 Å². The van der Waals surface area contributed by atoms with Gasteiger partial charge >= 0.3 is 0 Å². The molecule has 2 aromatic carbocycles. The van der Waals surface area contributed by atoms with Gasteiger partial charge in [0.2, 0.25) is 15.9 Å². The second-order valence-corrected chi connectivity index (χ2v) is 9.33. The van der Waals surface area contributed by atoms with Crippen LogP contribution in [0.25, 0.3) is 0 Å². The third-order valence-corrected chi connectivity index (χ3v) is 7.41. The van der Waals surface area contributed by atoms with Crippen LogP contribution in [-0.4, -0.2) is 35.4 Å². The highest BCUT2D eigenvalue weighted by molar-refractivity contribution is 7.89. The number of amides is 1. The molecule has 2 N–H and O–H groups in total. The molecule has 2 heterocycles. The molecule has 0 spiro atoms. The molecule has 1 aliphatic rings. The fourth-order valence-corrected chi connectivity index (χ4v) is 5.51. The topological polar surface area (TPSA) is 109 Å². The smallest absolute Gasteiger partial charge is 0.266 e. The Hall–Kier alpha value is -3.34. The van der Waals surface area contributed by atoms with Crippen molar-refractivity contribution >= 4 is 15.9 Å². The SMILES string of the molecule is CCc1ccc(F)c2c1CCN(S(=O)(=O)c1ccc(Oc3ccccc3)nc1)C2C(=O)NO. The van der Waals surface area contributed by atoms with Gasteiger partial charge in [-0.3, -0.25) is 10.0 Å². The van der Waals surface area contributed by atoms with Crippen LogP contribution >= 0.6 is 0 Å². The number of carbonyl (C=O) groups is 1. The lowest BCUT2D eigenvalue weighted by Crippen LogP contribution is -2.47. The predicted octanol–water partition coefficient (Wildman–Crippen LogP) is 3.37. The first-order chi connectivity index (χ1) is 15.9. The number of sulfonamides is 1. The number of para-hydroxylation sites is 1. The summed E-state index contributed by atoms with van der Waals surface area (Å²) < 4.78 is 48.2. The summed E-state index contributed by atoms with van der Waals surface area (Å²) in [5.74, 6) is -1.02. The second-order valence-electron chi connectivity index (χ2n) is 7.44. The van der Waals surface area contributed by atoms with Crippen LogP contribution in [0.3, 0.4) is 0 Å². The third kappa shape index (κ3) is 4.32. The highest BCUT2D eigenvalue weighted by Gasteiger charge is 2.43. The molecular weight excluding hydrogens is 449 g/mol. The van der Waals surface area contributed by atoms with Gasteiger partial charge in [-0.2, -0.15) is 4.31 Å². The van der Waals surface area contributed by atoms with E-state index < -0.39 is 27.8 Å². The van der Waals surface area contributed by atoms with Gasteiger partial charge in [0.15, 0.2) is 0 Å². The van der Waals surface area contributed by atoms with E-state index in [2.05, 4.69) is 4.98 Å². The molecule has 3 aromatic rings. The van der Waals surface area contributed by atoms with Gasteiger partial charge in [0, 0.05) is 18.2 Å². The summed E-state index contributed by atoms with van der Waals surface area (Å²) in [5.41, 5.74) is 2.84. The van der Waals surface area contributed by atoms with E-state index in [1.54, 1.807) is 30.3 Å². The van der Waals surface area contributed by atoms with Gasteiger partial charge in [0.25, 0.3) is 5.91 Å². The first kappa shape index (κ1) is 22.8. The van der Waals surface area contributed by atoms with Crippen LogP contribution in [0.2, 0.25) is 0 Å². The van der Waals surface area contributed by atoms with E-state index in [0.29, 0.717) is 17.7 Å². The Morgan fingerprint density at radius 2 is 1.97 bits per heavy atom. The summed E-state index contributed by atoms with van der Waals surface area (Å²) >= 11 is 0. The Balaban J connectivity index is 1.70. The molecule has 1 unspecified atom stereocenters. The summed E-state index contributed by atoms with van der Waals surface area (Å²) in [7, 11) is -4.26. The minimum atomic E-state index is -4.26. The fourth-order valence-electron chi connectivity index (χ4n) is 4.00. The summed E-state index contributed by atoms with van der Waals surface area (Å²) in [6.07, 6.45) is 1.94. The largest absolute Gasteiger partial charge is 0.439 e. The normalized spacial score (nSPS) is 16.2. The number of benzene rings is 2. The van der Waals surface area contributed by atoms with Gasteiger partial charge in [-0.1, -0.05) is 31.2 Å². The molecule has 1 aliphatic heterocycles. The molecule has 0 aliphatic carbocycles. The number of nitrogens with zero attached hydrogens (tertiary/aromatic N) is 2. The van der Waals surface area contributed by atoms with Crippen molar-refractivity contribution in [1.29, 1.82) is 0 Å². The number of pyridine rings is 1. The Bertz CT molecular complexity index is 1270. The van der Waals surface area contributed by atoms with Crippen LogP contribution in [0.4, 0.5) is 4.39 Å². The zero-order chi connectivity index (χ0) is 23.6. The molecule has 4 rings (SSSR count). The fraction of sp³-hybridized carbons (Fsp3) is 0.217. The molecular formula is C23H22FN3O5S. The first-order valence-corrected chi connectivity index (χ1v) is 11.8. The standard InChI is InChI=1S/C23H22FN3O5S/c1-2-15-8-10-19(24)21-18(15)12-13-27(22(21)23(28)26-29)33(30,31)17-9-11-20(25-14-17)32-16-6-4-3-5-7-16/h3-11,14,22,29H,2,12-13H2,1H3,(H,26,28). The van der Waals surface area contributed by atoms with Crippen molar-refractivity contribution < 1.29 is 27.5 Å². The van der Waals surface area contributed by atoms with Crippen molar-refractivity contribution in [1.82, 2.24) is 14.8 Å². The predicted molar refractivity (Wildman–Crippen MR) is 117 cm³/mol. The van der Waals surface area contributed by atoms with E-state index in [1.165, 1.54) is 23.7 Å². The molecule has 172 valence electrons. The third-order valence-electron chi connectivity index (χ3n) is 5.57. The van der Waals surface area contributed by atoms with Crippen molar-refractivity contribution in [2.45, 2.75) is 30.7 Å². The molecule has 10 heteroatoms. The minimum Gasteiger partial charge on any atom is -0.439 e. The maximum absolute atomic E-state index is 14.8. The second kappa shape index (κ2) is 9.26. The lowest BCUT2D eigenvalue weighted by atomic mass is 9.88. The molecule has 33 heavy (non-hydrogen) atoms. The Morgan fingerprint density at radius 3 is 2.61 bits per heavy atom. The molecule has 1 aromatic heterocycles. The molecule has 0 fully saturated rings. The molecule has 0 saturated heterocycles. The molecule has 1 amide bonds. The maximum atomic E-state index is 14.8. The van der Waals surface area contributed by atoms with Crippen LogP contribution in [0.1, 0.15) is 29.7 Å². The van der Waals surface area contributed by atoms with Crippen molar-refractivity contribution in [3.05, 3.63) is 83.3 Å². The number of carbonyl (C=O) groups excluding carboxylic acids is 1. The maximum Gasteiger partial charge on any atom is 0.266 e. The van der Waals surface area contributed by atoms with Gasteiger partial charge in [-0.05, 0) is 48.2 Å². The van der Waals surface area contributed by atoms with E-state index in [0.717, 1.165) is 16.1 Å². The number of fused-ring (bicyclic) bond motifs is 1. The number of hydroxylamine groups is 1. The monoisotopic (exact) mass is 471 g/mol. The number of rotatable bonds is 6. The van der Waals surface area contributed by atoms with Crippen LogP contribution in [0.5, 0.6) is 11.6 Å². The molecule has 0 saturated carbocycles. The number of nitrogens with one attached hydrogen (secondary N) is 1. The summed E-state index contributed by atoms with van der Waals surface area (Å²) in [4.78, 5) is 16.4. The lowest BCUT2D eigenvalue weighted by molar-refractivity contribution is -0.133. The lowest BCUT2D eigenvalue weighted by Gasteiger charge is -2.35. The number of hydrogen-bond donors (Lipinski definition) is 2. The van der Waals surface area contributed by atoms with E-state index in [4.69, 9.17) is 4.74 Å². The quantitative estimate of drug-likeness (QED) is 0.422. The number of ether oxygens (including phenoxy) is 1. The minimum absolute atomic E-state index is 0.0484. The van der Waals surface area contributed by atoms with Gasteiger partial charge in [0.1, 0.15) is 22.5 Å². The molecule has 1 atom stereocenters. The van der Waals surface area contributed by atoms with Gasteiger partial charge < -0.3 is 4.74 Å². The van der Waals surface area contributed by atoms with E-state index >= 15 is 0 Å². The Kier molecular flexibility index (Phi) is 6.41. The Morgan fingerprint density at radius 1 is 1.21 bits per heavy atom. The van der Waals surface area contributed by atoms with Crippen LogP contribution in [0.15, 0.2) is 65.7 Å². The number of aromatic nitrogens is 1. The Labute approximate surface area is 190 Å². The summed E-state index contributed by atoms with van der Waals surface area (Å²) in [6.45, 7) is 1.83. The van der Waals surface area contributed by atoms with E-state index in [1.807, 2.05) is 13.0 Å². The zero-order valence-corrected chi connectivity index (χ0v) is 18.5. The van der Waals surface area contributed by atoms with Gasteiger partial charge in [0.05, 0.1) is 6.20 Å². The number of hydrogen-bond acceptors (Lipinski definition) is 6. The highest BCUT2D eigenvalue weighted by Crippen LogP contribution is 2.37. The van der Waals surface area contributed by atoms with Gasteiger partial charge in [-0.15, -0.1) is 0 Å². The van der Waals surface area contributed by atoms with Crippen LogP contribution in [0, 0.1) is 5.82 Å². The summed E-state index contributed by atoms with van der Waals surface area (Å²) in [5, 5.41) is 9.29. The van der Waals surface area contributed by atoms with Gasteiger partial charge in [-0.25, -0.2) is 23.3 Å². The molecule has 0 bridgehead atoms. The van der Waals surface area contributed by atoms with Crippen LogP contribution < -0.4 is 10.2 Å². The van der Waals surface area contributed by atoms with E-state index in [-0.39, 0.29) is 29.3 Å². The van der Waals surface area contributed by atoms with Crippen molar-refractivity contribution in [3.8, 4) is 11.6 Å². The van der Waals surface area contributed by atoms with E-state index in [9.17, 15) is 22.8 Å². The summed E-state index contributed by atoms with van der Waals surface area (Å²) in [6, 6.07) is 12.9.